The number of pyridine rings is 1. The van der Waals surface area contributed by atoms with Gasteiger partial charge in [-0.05, 0) is 17.7 Å². The van der Waals surface area contributed by atoms with Crippen LogP contribution in [-0.2, 0) is 9.53 Å². The third kappa shape index (κ3) is 3.73. The third-order valence-electron chi connectivity index (χ3n) is 4.43. The van der Waals surface area contributed by atoms with Gasteiger partial charge in [0.25, 0.3) is 5.91 Å². The van der Waals surface area contributed by atoms with E-state index in [4.69, 9.17) is 16.3 Å². The van der Waals surface area contributed by atoms with E-state index in [9.17, 15) is 9.59 Å². The largest absolute Gasteiger partial charge is 0.452 e. The number of nitrogens with zero attached hydrogens (tertiary/aromatic N) is 3. The molecule has 1 aromatic heterocycles. The Kier molecular flexibility index (Phi) is 5.04. The molecule has 0 saturated carbocycles. The van der Waals surface area contributed by atoms with Crippen LogP contribution in [0.2, 0.25) is 5.15 Å². The van der Waals surface area contributed by atoms with E-state index in [0.717, 1.165) is 11.3 Å². The highest BCUT2D eigenvalue weighted by molar-refractivity contribution is 6.30. The van der Waals surface area contributed by atoms with Crippen LogP contribution in [-0.4, -0.2) is 40.7 Å². The molecular weight excluding hydrogens is 378 g/mol. The maximum Gasteiger partial charge on any atom is 0.339 e. The molecular formula is C21H16ClN3O3. The first-order valence-corrected chi connectivity index (χ1v) is 9.15. The Morgan fingerprint density at radius 3 is 2.64 bits per heavy atom. The van der Waals surface area contributed by atoms with Gasteiger partial charge in [-0.2, -0.15) is 5.10 Å². The average Bonchev–Trinajstić information content (AvgIpc) is 3.22. The predicted molar refractivity (Wildman–Crippen MR) is 106 cm³/mol. The molecule has 2 aromatic carbocycles. The summed E-state index contributed by atoms with van der Waals surface area (Å²) in [6.07, 6.45) is 0.661. The van der Waals surface area contributed by atoms with E-state index in [1.165, 1.54) is 11.1 Å². The summed E-state index contributed by atoms with van der Waals surface area (Å²) in [5, 5.41) is 6.50. The molecule has 6 nitrogen and oxygen atoms in total. The zero-order valence-electron chi connectivity index (χ0n) is 14.8. The average molecular weight is 394 g/mol. The minimum Gasteiger partial charge on any atom is -0.452 e. The fourth-order valence-corrected chi connectivity index (χ4v) is 3.26. The van der Waals surface area contributed by atoms with Crippen molar-refractivity contribution in [1.29, 1.82) is 0 Å². The highest BCUT2D eigenvalue weighted by Crippen LogP contribution is 2.21. The van der Waals surface area contributed by atoms with E-state index >= 15 is 0 Å². The van der Waals surface area contributed by atoms with Gasteiger partial charge in [0.1, 0.15) is 5.15 Å². The summed E-state index contributed by atoms with van der Waals surface area (Å²) in [7, 11) is 0. The van der Waals surface area contributed by atoms with Crippen molar-refractivity contribution in [3.8, 4) is 0 Å². The van der Waals surface area contributed by atoms with Gasteiger partial charge in [-0.15, -0.1) is 0 Å². The number of hydrogen-bond acceptors (Lipinski definition) is 5. The van der Waals surface area contributed by atoms with Gasteiger partial charge in [-0.3, -0.25) is 4.79 Å². The molecule has 0 spiro atoms. The molecule has 1 aliphatic rings. The molecule has 0 atom stereocenters. The Morgan fingerprint density at radius 2 is 1.82 bits per heavy atom. The number of fused-ring (bicyclic) bond motifs is 1. The zero-order valence-corrected chi connectivity index (χ0v) is 15.6. The Balaban J connectivity index is 1.45. The number of carbonyl (C=O) groups excluding carboxylic acids is 2. The van der Waals surface area contributed by atoms with Gasteiger partial charge in [-0.25, -0.2) is 14.8 Å². The normalized spacial score (nSPS) is 13.5. The minimum absolute atomic E-state index is 0.189. The second-order valence-electron chi connectivity index (χ2n) is 6.27. The molecule has 0 N–H and O–H groups in total. The van der Waals surface area contributed by atoms with E-state index in [1.807, 2.05) is 30.3 Å². The third-order valence-corrected chi connectivity index (χ3v) is 4.62. The SMILES string of the molecule is O=C(OCC(=O)N1CCC(c2ccccc2)=N1)c1cc(Cl)nc2ccccc12. The maximum atomic E-state index is 12.5. The van der Waals surface area contributed by atoms with Gasteiger partial charge in [0.15, 0.2) is 6.61 Å². The van der Waals surface area contributed by atoms with Crippen molar-refractivity contribution in [3.05, 3.63) is 76.9 Å². The van der Waals surface area contributed by atoms with Crippen LogP contribution >= 0.6 is 11.6 Å². The number of ether oxygens (including phenoxy) is 1. The second-order valence-corrected chi connectivity index (χ2v) is 6.65. The van der Waals surface area contributed by atoms with Crippen molar-refractivity contribution in [2.75, 3.05) is 13.2 Å². The van der Waals surface area contributed by atoms with Gasteiger partial charge < -0.3 is 4.74 Å². The summed E-state index contributed by atoms with van der Waals surface area (Å²) in [6.45, 7) is 0.0727. The van der Waals surface area contributed by atoms with Crippen LogP contribution in [0.25, 0.3) is 10.9 Å². The lowest BCUT2D eigenvalue weighted by Crippen LogP contribution is -2.28. The van der Waals surface area contributed by atoms with E-state index in [2.05, 4.69) is 10.1 Å². The molecule has 0 saturated heterocycles. The Bertz CT molecular complexity index is 1080. The first-order valence-electron chi connectivity index (χ1n) is 8.77. The van der Waals surface area contributed by atoms with E-state index in [0.29, 0.717) is 23.9 Å². The number of rotatable bonds is 4. The van der Waals surface area contributed by atoms with Gasteiger partial charge in [-0.1, -0.05) is 60.1 Å². The van der Waals surface area contributed by atoms with Crippen molar-refractivity contribution in [1.82, 2.24) is 9.99 Å². The summed E-state index contributed by atoms with van der Waals surface area (Å²) < 4.78 is 5.22. The second kappa shape index (κ2) is 7.78. The quantitative estimate of drug-likeness (QED) is 0.500. The molecule has 4 rings (SSSR count). The van der Waals surface area contributed by atoms with Crippen LogP contribution in [0.3, 0.4) is 0 Å². The molecule has 0 unspecified atom stereocenters. The van der Waals surface area contributed by atoms with Crippen LogP contribution in [0.15, 0.2) is 65.8 Å². The number of para-hydroxylation sites is 1. The number of amides is 1. The van der Waals surface area contributed by atoms with Gasteiger partial charge in [0.05, 0.1) is 23.3 Å². The van der Waals surface area contributed by atoms with Crippen molar-refractivity contribution in [2.45, 2.75) is 6.42 Å². The highest BCUT2D eigenvalue weighted by Gasteiger charge is 2.23. The fourth-order valence-electron chi connectivity index (χ4n) is 3.06. The van der Waals surface area contributed by atoms with E-state index in [-0.39, 0.29) is 16.6 Å². The molecule has 1 aliphatic heterocycles. The number of hydrogen-bond donors (Lipinski definition) is 0. The first-order chi connectivity index (χ1) is 13.6. The molecule has 28 heavy (non-hydrogen) atoms. The number of esters is 1. The topological polar surface area (TPSA) is 71.9 Å². The van der Waals surface area contributed by atoms with Crippen LogP contribution in [0.1, 0.15) is 22.3 Å². The Morgan fingerprint density at radius 1 is 1.07 bits per heavy atom. The van der Waals surface area contributed by atoms with Crippen LogP contribution in [0.4, 0.5) is 0 Å². The highest BCUT2D eigenvalue weighted by atomic mass is 35.5. The van der Waals surface area contributed by atoms with E-state index < -0.39 is 12.6 Å². The summed E-state index contributed by atoms with van der Waals surface area (Å²) in [5.74, 6) is -0.996. The van der Waals surface area contributed by atoms with Gasteiger partial charge in [0, 0.05) is 11.8 Å². The molecule has 1 amide bonds. The molecule has 0 bridgehead atoms. The summed E-state index contributed by atoms with van der Waals surface area (Å²) >= 11 is 6.00. The Labute approximate surface area is 166 Å². The van der Waals surface area contributed by atoms with Gasteiger partial charge >= 0.3 is 5.97 Å². The standard InChI is InChI=1S/C21H16ClN3O3/c22-19-12-16(15-8-4-5-9-18(15)23-19)21(27)28-13-20(26)25-11-10-17(24-25)14-6-2-1-3-7-14/h1-9,12H,10-11,13H2. The number of benzene rings is 2. The zero-order chi connectivity index (χ0) is 19.5. The van der Waals surface area contributed by atoms with Crippen molar-refractivity contribution in [3.63, 3.8) is 0 Å². The summed E-state index contributed by atoms with van der Waals surface area (Å²) in [4.78, 5) is 29.1. The number of aromatic nitrogens is 1. The smallest absolute Gasteiger partial charge is 0.339 e. The van der Waals surface area contributed by atoms with Crippen molar-refractivity contribution in [2.24, 2.45) is 5.10 Å². The van der Waals surface area contributed by atoms with Gasteiger partial charge in [0.2, 0.25) is 0 Å². The van der Waals surface area contributed by atoms with Crippen LogP contribution < -0.4 is 0 Å². The summed E-state index contributed by atoms with van der Waals surface area (Å²) in [5.41, 5.74) is 2.68. The van der Waals surface area contributed by atoms with Crippen LogP contribution in [0, 0.1) is 0 Å². The summed E-state index contributed by atoms with van der Waals surface area (Å²) in [6, 6.07) is 18.2. The molecule has 140 valence electrons. The number of hydrazone groups is 1. The Hall–Kier alpha value is -3.25. The molecule has 0 aliphatic carbocycles. The number of carbonyl (C=O) groups is 2. The van der Waals surface area contributed by atoms with Crippen molar-refractivity contribution < 1.29 is 14.3 Å². The lowest BCUT2D eigenvalue weighted by atomic mass is 10.1. The maximum absolute atomic E-state index is 12.5. The molecule has 0 radical (unpaired) electrons. The lowest BCUT2D eigenvalue weighted by molar-refractivity contribution is -0.134. The fraction of sp³-hybridized carbons (Fsp3) is 0.143. The molecule has 0 fully saturated rings. The molecule has 7 heteroatoms. The first kappa shape index (κ1) is 18.1. The lowest BCUT2D eigenvalue weighted by Gasteiger charge is -2.12. The minimum atomic E-state index is -0.625. The molecule has 2 heterocycles. The predicted octanol–water partition coefficient (Wildman–Crippen LogP) is 3.68. The molecule has 3 aromatic rings. The van der Waals surface area contributed by atoms with Crippen LogP contribution in [0.5, 0.6) is 0 Å². The number of halogens is 1. The monoisotopic (exact) mass is 393 g/mol. The van der Waals surface area contributed by atoms with E-state index in [1.54, 1.807) is 24.3 Å². The van der Waals surface area contributed by atoms with Crippen molar-refractivity contribution >= 4 is 40.1 Å².